The molecule has 0 bridgehead atoms. The summed E-state index contributed by atoms with van der Waals surface area (Å²) in [5.41, 5.74) is -0.595. The molecule has 156 valence electrons. The molecule has 0 saturated carbocycles. The molecular weight excluding hydrogens is 488 g/mol. The molecule has 0 aliphatic carbocycles. The highest BCUT2D eigenvalue weighted by atomic mass is 79.9. The minimum absolute atomic E-state index is 0.0807. The van der Waals surface area contributed by atoms with E-state index in [-0.39, 0.29) is 41.5 Å². The summed E-state index contributed by atoms with van der Waals surface area (Å²) in [5.74, 6) is -0.817. The summed E-state index contributed by atoms with van der Waals surface area (Å²) in [7, 11) is 0. The lowest BCUT2D eigenvalue weighted by Crippen LogP contribution is -2.49. The molecule has 0 rings (SSSR count). The maximum absolute atomic E-state index is 12.3. The first-order chi connectivity index (χ1) is 12.6. The van der Waals surface area contributed by atoms with Crippen molar-refractivity contribution >= 4 is 55.7 Å². The Morgan fingerprint density at radius 1 is 0.889 bits per heavy atom. The summed E-state index contributed by atoms with van der Waals surface area (Å²) in [6.45, 7) is 6.06. The molecule has 0 radical (unpaired) electrons. The first-order valence-corrected chi connectivity index (χ1v) is 10.8. The lowest BCUT2D eigenvalue weighted by molar-refractivity contribution is -0.128. The van der Waals surface area contributed by atoms with Crippen molar-refractivity contribution in [2.75, 3.05) is 30.3 Å². The molecule has 4 amide bonds. The van der Waals surface area contributed by atoms with Gasteiger partial charge in [-0.1, -0.05) is 31.9 Å². The number of alkyl halides is 2. The van der Waals surface area contributed by atoms with E-state index in [1.54, 1.807) is 20.8 Å². The van der Waals surface area contributed by atoms with Gasteiger partial charge in [0.05, 0.1) is 10.7 Å². The molecule has 0 aromatic heterocycles. The van der Waals surface area contributed by atoms with Crippen LogP contribution in [-0.2, 0) is 19.1 Å². The van der Waals surface area contributed by atoms with Gasteiger partial charge < -0.3 is 26.0 Å². The van der Waals surface area contributed by atoms with E-state index in [1.807, 2.05) is 0 Å². The maximum atomic E-state index is 12.3. The first-order valence-electron chi connectivity index (χ1n) is 8.51. The van der Waals surface area contributed by atoms with Gasteiger partial charge in [0.15, 0.2) is 0 Å². The Morgan fingerprint density at radius 2 is 1.48 bits per heavy atom. The average Bonchev–Trinajstić information content (AvgIpc) is 2.58. The molecule has 0 aromatic carbocycles. The van der Waals surface area contributed by atoms with Crippen molar-refractivity contribution in [3.63, 3.8) is 0 Å². The van der Waals surface area contributed by atoms with Crippen LogP contribution in [0.1, 0.15) is 33.6 Å². The molecule has 0 spiro atoms. The summed E-state index contributed by atoms with van der Waals surface area (Å²) < 4.78 is 5.09. The molecule has 27 heavy (non-hydrogen) atoms. The molecular formula is C16H28Br2N4O5. The molecule has 1 atom stereocenters. The van der Waals surface area contributed by atoms with Crippen molar-refractivity contribution in [1.29, 1.82) is 0 Å². The van der Waals surface area contributed by atoms with Crippen LogP contribution in [-0.4, -0.2) is 65.8 Å². The molecule has 0 heterocycles. The van der Waals surface area contributed by atoms with Gasteiger partial charge in [-0.2, -0.15) is 0 Å². The molecule has 9 nitrogen and oxygen atoms in total. The number of carbonyl (C=O) groups excluding carboxylic acids is 4. The Morgan fingerprint density at radius 3 is 2.04 bits per heavy atom. The van der Waals surface area contributed by atoms with Gasteiger partial charge in [-0.05, 0) is 33.6 Å². The van der Waals surface area contributed by atoms with Gasteiger partial charge in [0.2, 0.25) is 17.7 Å². The molecule has 0 aliphatic rings. The quantitative estimate of drug-likeness (QED) is 0.239. The first kappa shape index (κ1) is 25.6. The minimum Gasteiger partial charge on any atom is -0.444 e. The normalized spacial score (nSPS) is 11.9. The van der Waals surface area contributed by atoms with E-state index in [4.69, 9.17) is 4.74 Å². The van der Waals surface area contributed by atoms with E-state index in [9.17, 15) is 19.2 Å². The van der Waals surface area contributed by atoms with E-state index in [2.05, 4.69) is 53.1 Å². The fourth-order valence-electron chi connectivity index (χ4n) is 1.87. The van der Waals surface area contributed by atoms with Crippen LogP contribution in [0.15, 0.2) is 0 Å². The van der Waals surface area contributed by atoms with E-state index in [1.165, 1.54) is 0 Å². The lowest BCUT2D eigenvalue weighted by atomic mass is 10.1. The van der Waals surface area contributed by atoms with Gasteiger partial charge in [-0.25, -0.2) is 4.79 Å². The third-order valence-electron chi connectivity index (χ3n) is 2.98. The second-order valence-corrected chi connectivity index (χ2v) is 7.72. The smallest absolute Gasteiger partial charge is 0.407 e. The number of hydrogen-bond acceptors (Lipinski definition) is 5. The monoisotopic (exact) mass is 514 g/mol. The van der Waals surface area contributed by atoms with E-state index < -0.39 is 17.7 Å². The molecule has 1 unspecified atom stereocenters. The van der Waals surface area contributed by atoms with Gasteiger partial charge >= 0.3 is 6.09 Å². The van der Waals surface area contributed by atoms with Gasteiger partial charge in [0.1, 0.15) is 11.6 Å². The van der Waals surface area contributed by atoms with Crippen LogP contribution in [0.25, 0.3) is 0 Å². The largest absolute Gasteiger partial charge is 0.444 e. The third kappa shape index (κ3) is 14.4. The number of rotatable bonds is 11. The Bertz CT molecular complexity index is 512. The van der Waals surface area contributed by atoms with Crippen molar-refractivity contribution in [2.24, 2.45) is 0 Å². The van der Waals surface area contributed by atoms with Crippen molar-refractivity contribution in [3.8, 4) is 0 Å². The Kier molecular flexibility index (Phi) is 13.1. The van der Waals surface area contributed by atoms with Crippen LogP contribution in [0.3, 0.4) is 0 Å². The Labute approximate surface area is 176 Å². The second kappa shape index (κ2) is 13.8. The topological polar surface area (TPSA) is 126 Å². The van der Waals surface area contributed by atoms with E-state index in [0.717, 1.165) is 0 Å². The minimum atomic E-state index is -0.725. The summed E-state index contributed by atoms with van der Waals surface area (Å²) in [4.78, 5) is 46.6. The summed E-state index contributed by atoms with van der Waals surface area (Å²) in [5, 5.41) is 10.8. The highest BCUT2D eigenvalue weighted by molar-refractivity contribution is 9.09. The molecule has 0 aliphatic heterocycles. The fourth-order valence-corrected chi connectivity index (χ4v) is 2.23. The molecule has 0 saturated heterocycles. The Balaban J connectivity index is 4.31. The second-order valence-electron chi connectivity index (χ2n) is 6.60. The van der Waals surface area contributed by atoms with E-state index >= 15 is 0 Å². The van der Waals surface area contributed by atoms with Crippen LogP contribution >= 0.6 is 31.9 Å². The van der Waals surface area contributed by atoms with Crippen molar-refractivity contribution < 1.29 is 23.9 Å². The summed E-state index contributed by atoms with van der Waals surface area (Å²) >= 11 is 6.08. The highest BCUT2D eigenvalue weighted by Crippen LogP contribution is 2.06. The Hall–Kier alpha value is -1.36. The van der Waals surface area contributed by atoms with Crippen LogP contribution in [0.2, 0.25) is 0 Å². The average molecular weight is 516 g/mol. The fraction of sp³-hybridized carbons (Fsp3) is 0.750. The molecule has 4 N–H and O–H groups in total. The number of amides is 4. The molecule has 0 fully saturated rings. The third-order valence-corrected chi connectivity index (χ3v) is 4.00. The zero-order valence-electron chi connectivity index (χ0n) is 15.8. The van der Waals surface area contributed by atoms with Crippen LogP contribution in [0.4, 0.5) is 4.79 Å². The number of halogens is 2. The van der Waals surface area contributed by atoms with E-state index in [0.29, 0.717) is 19.4 Å². The van der Waals surface area contributed by atoms with Gasteiger partial charge in [-0.3, -0.25) is 14.4 Å². The summed E-state index contributed by atoms with van der Waals surface area (Å²) in [6.07, 6.45) is 0.325. The number of nitrogens with one attached hydrogen (secondary N) is 4. The predicted octanol–water partition coefficient (Wildman–Crippen LogP) is 0.798. The maximum Gasteiger partial charge on any atom is 0.407 e. The van der Waals surface area contributed by atoms with Crippen molar-refractivity contribution in [2.45, 2.75) is 45.3 Å². The number of ether oxygens (including phenoxy) is 1. The van der Waals surface area contributed by atoms with Gasteiger partial charge in [-0.15, -0.1) is 0 Å². The molecule has 0 aromatic rings. The number of alkyl carbamates (subject to hydrolysis) is 1. The van der Waals surface area contributed by atoms with Gasteiger partial charge in [0.25, 0.3) is 0 Å². The van der Waals surface area contributed by atoms with Crippen LogP contribution < -0.4 is 21.3 Å². The lowest BCUT2D eigenvalue weighted by Gasteiger charge is -2.20. The standard InChI is InChI=1S/C16H28Br2N4O5/c1-16(2,3)27-15(26)21-8-7-20-14(25)11(22-13(24)10-18)5-4-6-19-12(23)9-17/h11H,4-10H2,1-3H3,(H,19,23)(H,20,25)(H,21,26)(H,22,24). The zero-order chi connectivity index (χ0) is 20.9. The number of hydrogen-bond donors (Lipinski definition) is 4. The van der Waals surface area contributed by atoms with Crippen molar-refractivity contribution in [3.05, 3.63) is 0 Å². The highest BCUT2D eigenvalue weighted by Gasteiger charge is 2.20. The summed E-state index contributed by atoms with van der Waals surface area (Å²) in [6, 6.07) is -0.725. The van der Waals surface area contributed by atoms with Gasteiger partial charge in [0, 0.05) is 19.6 Å². The zero-order valence-corrected chi connectivity index (χ0v) is 19.0. The van der Waals surface area contributed by atoms with Crippen molar-refractivity contribution in [1.82, 2.24) is 21.3 Å². The van der Waals surface area contributed by atoms with Crippen LogP contribution in [0, 0.1) is 0 Å². The number of carbonyl (C=O) groups is 4. The molecule has 11 heteroatoms. The predicted molar refractivity (Wildman–Crippen MR) is 109 cm³/mol. The SMILES string of the molecule is CC(C)(C)OC(=O)NCCNC(=O)C(CCCNC(=O)CBr)NC(=O)CBr. The van der Waals surface area contributed by atoms with Crippen LogP contribution in [0.5, 0.6) is 0 Å².